The Labute approximate surface area is 169 Å². The zero-order valence-corrected chi connectivity index (χ0v) is 16.5. The molecule has 2 amide bonds. The Morgan fingerprint density at radius 2 is 1.79 bits per heavy atom. The molecule has 146 valence electrons. The minimum atomic E-state index is -0.148. The predicted octanol–water partition coefficient (Wildman–Crippen LogP) is 4.10. The zero-order chi connectivity index (χ0) is 19.3. The molecule has 2 aromatic rings. The van der Waals surface area contributed by atoms with Crippen molar-refractivity contribution in [3.8, 4) is 0 Å². The van der Waals surface area contributed by atoms with Crippen LogP contribution in [-0.4, -0.2) is 36.3 Å². The van der Waals surface area contributed by atoms with Crippen molar-refractivity contribution in [3.05, 3.63) is 59.7 Å². The van der Waals surface area contributed by atoms with Crippen molar-refractivity contribution in [1.29, 1.82) is 0 Å². The SMILES string of the molecule is O=C(NC1CC1)c1ccc(NC(=O)c2ccccc2SCC2CCCO2)cc1. The summed E-state index contributed by atoms with van der Waals surface area (Å²) in [6.07, 6.45) is 4.59. The molecule has 5 nitrogen and oxygen atoms in total. The molecule has 0 radical (unpaired) electrons. The van der Waals surface area contributed by atoms with Crippen LogP contribution in [0.4, 0.5) is 5.69 Å². The third kappa shape index (κ3) is 4.94. The standard InChI is InChI=1S/C22H24N2O3S/c25-21(23-17-11-12-17)15-7-9-16(10-8-15)24-22(26)19-5-1-2-6-20(19)28-14-18-4-3-13-27-18/h1-2,5-10,17-18H,3-4,11-14H2,(H,23,25)(H,24,26). The van der Waals surface area contributed by atoms with E-state index in [0.717, 1.165) is 42.9 Å². The maximum atomic E-state index is 12.8. The van der Waals surface area contributed by atoms with Crippen molar-refractivity contribution in [2.45, 2.75) is 42.7 Å². The van der Waals surface area contributed by atoms with E-state index in [2.05, 4.69) is 10.6 Å². The lowest BCUT2D eigenvalue weighted by Crippen LogP contribution is -2.25. The predicted molar refractivity (Wildman–Crippen MR) is 111 cm³/mol. The van der Waals surface area contributed by atoms with Gasteiger partial charge in [-0.1, -0.05) is 12.1 Å². The van der Waals surface area contributed by atoms with Crippen molar-refractivity contribution in [3.63, 3.8) is 0 Å². The topological polar surface area (TPSA) is 67.4 Å². The van der Waals surface area contributed by atoms with Crippen molar-refractivity contribution in [2.24, 2.45) is 0 Å². The summed E-state index contributed by atoms with van der Waals surface area (Å²) in [4.78, 5) is 25.8. The number of amides is 2. The van der Waals surface area contributed by atoms with Gasteiger partial charge in [0.15, 0.2) is 0 Å². The highest BCUT2D eigenvalue weighted by Crippen LogP contribution is 2.27. The summed E-state index contributed by atoms with van der Waals surface area (Å²) in [6, 6.07) is 15.0. The van der Waals surface area contributed by atoms with E-state index in [4.69, 9.17) is 4.74 Å². The molecule has 1 saturated heterocycles. The van der Waals surface area contributed by atoms with Gasteiger partial charge in [0.2, 0.25) is 0 Å². The van der Waals surface area contributed by atoms with Crippen LogP contribution >= 0.6 is 11.8 Å². The molecule has 0 aromatic heterocycles. The van der Waals surface area contributed by atoms with Crippen LogP contribution in [0.5, 0.6) is 0 Å². The van der Waals surface area contributed by atoms with Crippen LogP contribution in [0, 0.1) is 0 Å². The van der Waals surface area contributed by atoms with E-state index in [1.165, 1.54) is 0 Å². The van der Waals surface area contributed by atoms with Crippen molar-refractivity contribution >= 4 is 29.3 Å². The number of nitrogens with one attached hydrogen (secondary N) is 2. The number of rotatable bonds is 7. The smallest absolute Gasteiger partial charge is 0.256 e. The molecule has 28 heavy (non-hydrogen) atoms. The van der Waals surface area contributed by atoms with Gasteiger partial charge in [-0.15, -0.1) is 11.8 Å². The fraction of sp³-hybridized carbons (Fsp3) is 0.364. The lowest BCUT2D eigenvalue weighted by atomic mass is 10.1. The van der Waals surface area contributed by atoms with Crippen molar-refractivity contribution in [2.75, 3.05) is 17.7 Å². The minimum Gasteiger partial charge on any atom is -0.377 e. The Bertz CT molecular complexity index is 843. The fourth-order valence-electron chi connectivity index (χ4n) is 3.14. The van der Waals surface area contributed by atoms with Crippen LogP contribution in [0.3, 0.4) is 0 Å². The molecule has 2 N–H and O–H groups in total. The zero-order valence-electron chi connectivity index (χ0n) is 15.6. The third-order valence-corrected chi connectivity index (χ3v) is 6.10. The number of ether oxygens (including phenoxy) is 1. The molecule has 1 saturated carbocycles. The Balaban J connectivity index is 1.38. The Hall–Kier alpha value is -2.31. The molecule has 2 aliphatic rings. The summed E-state index contributed by atoms with van der Waals surface area (Å²) in [5.74, 6) is 0.650. The van der Waals surface area contributed by atoms with E-state index in [1.807, 2.05) is 24.3 Å². The van der Waals surface area contributed by atoms with Crippen LogP contribution in [0.25, 0.3) is 0 Å². The van der Waals surface area contributed by atoms with Crippen LogP contribution in [0.15, 0.2) is 53.4 Å². The number of carbonyl (C=O) groups excluding carboxylic acids is 2. The van der Waals surface area contributed by atoms with Gasteiger partial charge in [0.1, 0.15) is 0 Å². The summed E-state index contributed by atoms with van der Waals surface area (Å²) in [6.45, 7) is 0.835. The lowest BCUT2D eigenvalue weighted by molar-refractivity contribution is 0.0950. The first-order chi connectivity index (χ1) is 13.7. The quantitative estimate of drug-likeness (QED) is 0.692. The van der Waals surface area contributed by atoms with Gasteiger partial charge in [-0.25, -0.2) is 0 Å². The monoisotopic (exact) mass is 396 g/mol. The van der Waals surface area contributed by atoms with E-state index < -0.39 is 0 Å². The molecule has 1 heterocycles. The highest BCUT2D eigenvalue weighted by molar-refractivity contribution is 7.99. The summed E-state index contributed by atoms with van der Waals surface area (Å²) >= 11 is 1.66. The van der Waals surface area contributed by atoms with Crippen molar-refractivity contribution < 1.29 is 14.3 Å². The maximum absolute atomic E-state index is 12.8. The van der Waals surface area contributed by atoms with Crippen LogP contribution < -0.4 is 10.6 Å². The second-order valence-electron chi connectivity index (χ2n) is 7.22. The summed E-state index contributed by atoms with van der Waals surface area (Å²) in [5.41, 5.74) is 1.94. The highest BCUT2D eigenvalue weighted by Gasteiger charge is 2.23. The molecular weight excluding hydrogens is 372 g/mol. The number of carbonyl (C=O) groups is 2. The van der Waals surface area contributed by atoms with Crippen LogP contribution in [-0.2, 0) is 4.74 Å². The molecule has 0 bridgehead atoms. The molecular formula is C22H24N2O3S. The third-order valence-electron chi connectivity index (χ3n) is 4.90. The summed E-state index contributed by atoms with van der Waals surface area (Å²) < 4.78 is 5.67. The lowest BCUT2D eigenvalue weighted by Gasteiger charge is -2.12. The molecule has 6 heteroatoms. The first-order valence-electron chi connectivity index (χ1n) is 9.75. The Kier molecular flexibility index (Phi) is 5.98. The van der Waals surface area contributed by atoms with Gasteiger partial charge in [0.25, 0.3) is 11.8 Å². The van der Waals surface area contributed by atoms with Gasteiger partial charge >= 0.3 is 0 Å². The van der Waals surface area contributed by atoms with Crippen molar-refractivity contribution in [1.82, 2.24) is 5.32 Å². The summed E-state index contributed by atoms with van der Waals surface area (Å²) in [5, 5.41) is 5.89. The van der Waals surface area contributed by atoms with Gasteiger partial charge in [0.05, 0.1) is 11.7 Å². The average molecular weight is 397 g/mol. The normalized spacial score (nSPS) is 18.6. The average Bonchev–Trinajstić information content (AvgIpc) is 3.37. The minimum absolute atomic E-state index is 0.0590. The highest BCUT2D eigenvalue weighted by atomic mass is 32.2. The molecule has 2 fully saturated rings. The molecule has 2 aromatic carbocycles. The first-order valence-corrected chi connectivity index (χ1v) is 10.7. The number of hydrogen-bond donors (Lipinski definition) is 2. The molecule has 1 unspecified atom stereocenters. The van der Waals surface area contributed by atoms with Gasteiger partial charge < -0.3 is 15.4 Å². The Morgan fingerprint density at radius 3 is 2.50 bits per heavy atom. The van der Waals surface area contributed by atoms with E-state index in [1.54, 1.807) is 36.0 Å². The Morgan fingerprint density at radius 1 is 1.00 bits per heavy atom. The number of anilines is 1. The summed E-state index contributed by atoms with van der Waals surface area (Å²) in [7, 11) is 0. The number of hydrogen-bond acceptors (Lipinski definition) is 4. The van der Waals surface area contributed by atoms with E-state index in [-0.39, 0.29) is 17.9 Å². The van der Waals surface area contributed by atoms with E-state index in [0.29, 0.717) is 22.9 Å². The van der Waals surface area contributed by atoms with E-state index in [9.17, 15) is 9.59 Å². The van der Waals surface area contributed by atoms with Gasteiger partial charge in [-0.2, -0.15) is 0 Å². The molecule has 0 spiro atoms. The maximum Gasteiger partial charge on any atom is 0.256 e. The molecule has 1 aliphatic carbocycles. The molecule has 1 atom stereocenters. The van der Waals surface area contributed by atoms with Crippen LogP contribution in [0.2, 0.25) is 0 Å². The number of thioether (sulfide) groups is 1. The molecule has 1 aliphatic heterocycles. The second-order valence-corrected chi connectivity index (χ2v) is 8.28. The number of benzene rings is 2. The molecule has 4 rings (SSSR count). The largest absolute Gasteiger partial charge is 0.377 e. The van der Waals surface area contributed by atoms with Gasteiger partial charge in [-0.05, 0) is 62.1 Å². The van der Waals surface area contributed by atoms with Gasteiger partial charge in [0, 0.05) is 34.5 Å². The first kappa shape index (κ1) is 19.0. The second kappa shape index (κ2) is 8.80. The van der Waals surface area contributed by atoms with Crippen LogP contribution in [0.1, 0.15) is 46.4 Å². The van der Waals surface area contributed by atoms with E-state index >= 15 is 0 Å². The fourth-order valence-corrected chi connectivity index (χ4v) is 4.26. The van der Waals surface area contributed by atoms with Gasteiger partial charge in [-0.3, -0.25) is 9.59 Å².